The lowest BCUT2D eigenvalue weighted by Gasteiger charge is -2.20. The SMILES string of the molecule is C=C(C)C(=O)OC(CCCCCC)COc1ccc2c(OCC(CCCCCC)OC(=O)C(=C)C)cccc2c1. The van der Waals surface area contributed by atoms with Gasteiger partial charge in [0.1, 0.15) is 36.9 Å². The van der Waals surface area contributed by atoms with Gasteiger partial charge < -0.3 is 18.9 Å². The van der Waals surface area contributed by atoms with Crippen LogP contribution < -0.4 is 9.47 Å². The Morgan fingerprint density at radius 2 is 1.27 bits per heavy atom. The summed E-state index contributed by atoms with van der Waals surface area (Å²) in [5.41, 5.74) is 0.767. The minimum atomic E-state index is -0.388. The molecule has 0 spiro atoms. The van der Waals surface area contributed by atoms with Crippen LogP contribution in [0.15, 0.2) is 60.7 Å². The Hall–Kier alpha value is -3.28. The van der Waals surface area contributed by atoms with Crippen LogP contribution in [0, 0.1) is 0 Å². The fourth-order valence-electron chi connectivity index (χ4n) is 4.27. The van der Waals surface area contributed by atoms with E-state index in [2.05, 4.69) is 27.0 Å². The normalized spacial score (nSPS) is 12.4. The molecule has 2 atom stereocenters. The molecule has 0 saturated heterocycles. The van der Waals surface area contributed by atoms with Gasteiger partial charge in [-0.05, 0) is 69.2 Å². The Bertz CT molecular complexity index is 1100. The smallest absolute Gasteiger partial charge is 0.333 e. The maximum absolute atomic E-state index is 12.2. The van der Waals surface area contributed by atoms with Crippen LogP contribution in [0.2, 0.25) is 0 Å². The Balaban J connectivity index is 2.06. The molecular weight excluding hydrogens is 504 g/mol. The third-order valence-electron chi connectivity index (χ3n) is 6.68. The van der Waals surface area contributed by atoms with Gasteiger partial charge in [0.2, 0.25) is 0 Å². The Morgan fingerprint density at radius 1 is 0.725 bits per heavy atom. The number of esters is 2. The Kier molecular flexibility index (Phi) is 14.9. The van der Waals surface area contributed by atoms with Crippen molar-refractivity contribution in [3.05, 3.63) is 60.7 Å². The minimum Gasteiger partial charge on any atom is -0.490 e. The summed E-state index contributed by atoms with van der Waals surface area (Å²) in [4.78, 5) is 24.3. The zero-order valence-corrected chi connectivity index (χ0v) is 25.0. The highest BCUT2D eigenvalue weighted by molar-refractivity contribution is 5.89. The first-order chi connectivity index (χ1) is 19.2. The molecule has 220 valence electrons. The fourth-order valence-corrected chi connectivity index (χ4v) is 4.27. The molecule has 40 heavy (non-hydrogen) atoms. The van der Waals surface area contributed by atoms with Gasteiger partial charge in [-0.1, -0.05) is 77.7 Å². The molecule has 2 rings (SSSR count). The molecule has 0 bridgehead atoms. The van der Waals surface area contributed by atoms with Crippen LogP contribution in [0.1, 0.15) is 91.9 Å². The number of rotatable bonds is 20. The fraction of sp³-hybridized carbons (Fsp3) is 0.529. The Morgan fingerprint density at radius 3 is 1.80 bits per heavy atom. The summed E-state index contributed by atoms with van der Waals surface area (Å²) in [6, 6.07) is 11.7. The molecule has 0 aliphatic rings. The first kappa shape index (κ1) is 32.9. The average molecular weight is 553 g/mol. The molecule has 6 nitrogen and oxygen atoms in total. The molecule has 0 fully saturated rings. The second kappa shape index (κ2) is 18.1. The van der Waals surface area contributed by atoms with Crippen molar-refractivity contribution in [1.29, 1.82) is 0 Å². The van der Waals surface area contributed by atoms with Crippen molar-refractivity contribution >= 4 is 22.7 Å². The van der Waals surface area contributed by atoms with Gasteiger partial charge in [0.25, 0.3) is 0 Å². The molecule has 0 N–H and O–H groups in total. The largest absolute Gasteiger partial charge is 0.490 e. The summed E-state index contributed by atoms with van der Waals surface area (Å²) >= 11 is 0. The molecule has 0 saturated carbocycles. The predicted octanol–water partition coefficient (Wildman–Crippen LogP) is 8.51. The molecule has 2 aromatic rings. The van der Waals surface area contributed by atoms with Crippen molar-refractivity contribution in [1.82, 2.24) is 0 Å². The van der Waals surface area contributed by atoms with E-state index in [-0.39, 0.29) is 37.4 Å². The molecule has 6 heteroatoms. The standard InChI is InChI=1S/C34H48O6/c1-7-9-11-13-17-29(39-33(35)25(3)4)23-37-28-20-21-31-27(22-28)16-15-19-32(31)38-24-30(18-14-12-10-8-2)40-34(36)26(5)6/h15-16,19-22,29-30H,3,5,7-14,17-18,23-24H2,1-2,4,6H3. The number of ether oxygens (including phenoxy) is 4. The number of hydrogen-bond donors (Lipinski definition) is 0. The van der Waals surface area contributed by atoms with Crippen molar-refractivity contribution in [3.63, 3.8) is 0 Å². The van der Waals surface area contributed by atoms with Crippen molar-refractivity contribution in [2.45, 2.75) is 104 Å². The minimum absolute atomic E-state index is 0.274. The van der Waals surface area contributed by atoms with Crippen LogP contribution in [-0.4, -0.2) is 37.4 Å². The van der Waals surface area contributed by atoms with E-state index in [1.165, 1.54) is 0 Å². The number of unbranched alkanes of at least 4 members (excludes halogenated alkanes) is 6. The van der Waals surface area contributed by atoms with Gasteiger partial charge in [0.05, 0.1) is 0 Å². The van der Waals surface area contributed by atoms with E-state index in [9.17, 15) is 9.59 Å². The molecule has 0 radical (unpaired) electrons. The van der Waals surface area contributed by atoms with Gasteiger partial charge in [-0.25, -0.2) is 9.59 Å². The molecule has 0 heterocycles. The predicted molar refractivity (Wildman–Crippen MR) is 162 cm³/mol. The highest BCUT2D eigenvalue weighted by Gasteiger charge is 2.18. The molecule has 0 aromatic heterocycles. The number of hydrogen-bond acceptors (Lipinski definition) is 6. The summed E-state index contributed by atoms with van der Waals surface area (Å²) in [7, 11) is 0. The van der Waals surface area contributed by atoms with E-state index >= 15 is 0 Å². The van der Waals surface area contributed by atoms with Crippen LogP contribution >= 0.6 is 0 Å². The molecule has 0 aliphatic carbocycles. The highest BCUT2D eigenvalue weighted by Crippen LogP contribution is 2.29. The van der Waals surface area contributed by atoms with Gasteiger partial charge >= 0.3 is 11.9 Å². The van der Waals surface area contributed by atoms with Crippen molar-refractivity contribution in [3.8, 4) is 11.5 Å². The second-order valence-corrected chi connectivity index (χ2v) is 10.6. The number of carbonyl (C=O) groups excluding carboxylic acids is 2. The third kappa shape index (κ3) is 11.8. The summed E-state index contributed by atoms with van der Waals surface area (Å²) in [5, 5.41) is 1.91. The van der Waals surface area contributed by atoms with Gasteiger partial charge in [-0.3, -0.25) is 0 Å². The topological polar surface area (TPSA) is 71.1 Å². The van der Waals surface area contributed by atoms with Crippen LogP contribution in [0.5, 0.6) is 11.5 Å². The zero-order chi connectivity index (χ0) is 29.3. The second-order valence-electron chi connectivity index (χ2n) is 10.6. The number of carbonyl (C=O) groups is 2. The highest BCUT2D eigenvalue weighted by atomic mass is 16.6. The van der Waals surface area contributed by atoms with E-state index in [0.29, 0.717) is 16.9 Å². The van der Waals surface area contributed by atoms with Crippen LogP contribution in [0.4, 0.5) is 0 Å². The van der Waals surface area contributed by atoms with Gasteiger partial charge in [-0.15, -0.1) is 0 Å². The first-order valence-corrected chi connectivity index (χ1v) is 14.8. The van der Waals surface area contributed by atoms with Crippen molar-refractivity contribution in [2.24, 2.45) is 0 Å². The number of benzene rings is 2. The maximum Gasteiger partial charge on any atom is 0.333 e. The summed E-state index contributed by atoms with van der Waals surface area (Å²) < 4.78 is 23.5. The summed E-state index contributed by atoms with van der Waals surface area (Å²) in [6.07, 6.45) is 9.59. The lowest BCUT2D eigenvalue weighted by atomic mass is 10.1. The zero-order valence-electron chi connectivity index (χ0n) is 25.0. The third-order valence-corrected chi connectivity index (χ3v) is 6.68. The first-order valence-electron chi connectivity index (χ1n) is 14.8. The molecule has 2 aromatic carbocycles. The molecule has 0 amide bonds. The van der Waals surface area contributed by atoms with Crippen LogP contribution in [0.25, 0.3) is 10.8 Å². The number of fused-ring (bicyclic) bond motifs is 1. The molecule has 0 aliphatic heterocycles. The van der Waals surface area contributed by atoms with Crippen LogP contribution in [-0.2, 0) is 19.1 Å². The monoisotopic (exact) mass is 552 g/mol. The Labute approximate surface area is 240 Å². The maximum atomic E-state index is 12.2. The van der Waals surface area contributed by atoms with E-state index in [0.717, 1.165) is 80.7 Å². The summed E-state index contributed by atoms with van der Waals surface area (Å²) in [5.74, 6) is 0.639. The lowest BCUT2D eigenvalue weighted by molar-refractivity contribution is -0.147. The van der Waals surface area contributed by atoms with Gasteiger partial charge in [0, 0.05) is 16.5 Å². The van der Waals surface area contributed by atoms with Crippen molar-refractivity contribution < 1.29 is 28.5 Å². The average Bonchev–Trinajstić information content (AvgIpc) is 2.94. The van der Waals surface area contributed by atoms with E-state index in [1.54, 1.807) is 13.8 Å². The van der Waals surface area contributed by atoms with Gasteiger partial charge in [-0.2, -0.15) is 0 Å². The molecule has 2 unspecified atom stereocenters. The van der Waals surface area contributed by atoms with Gasteiger partial charge in [0.15, 0.2) is 0 Å². The lowest BCUT2D eigenvalue weighted by Crippen LogP contribution is -2.25. The van der Waals surface area contributed by atoms with Crippen molar-refractivity contribution in [2.75, 3.05) is 13.2 Å². The van der Waals surface area contributed by atoms with E-state index in [1.807, 2.05) is 36.4 Å². The van der Waals surface area contributed by atoms with Crippen LogP contribution in [0.3, 0.4) is 0 Å². The van der Waals surface area contributed by atoms with E-state index < -0.39 is 0 Å². The molecular formula is C34H48O6. The van der Waals surface area contributed by atoms with E-state index in [4.69, 9.17) is 18.9 Å². The quantitative estimate of drug-likeness (QED) is 0.0931. The summed E-state index contributed by atoms with van der Waals surface area (Å²) in [6.45, 7) is 15.6.